The molecule has 0 amide bonds. The maximum Gasteiger partial charge on any atom is 0.0730 e. The van der Waals surface area contributed by atoms with E-state index in [4.69, 9.17) is 4.74 Å². The third kappa shape index (κ3) is 2.10. The van der Waals surface area contributed by atoms with Crippen LogP contribution in [0.5, 0.6) is 0 Å². The maximum absolute atomic E-state index is 5.79. The van der Waals surface area contributed by atoms with Crippen molar-refractivity contribution in [2.24, 2.45) is 0 Å². The van der Waals surface area contributed by atoms with Crippen LogP contribution in [0, 0.1) is 0 Å². The van der Waals surface area contributed by atoms with Gasteiger partial charge in [-0.15, -0.1) is 0 Å². The Balaban J connectivity index is 1.90. The number of fused-ring (bicyclic) bond motifs is 1. The molecular formula is C11H22N2O. The van der Waals surface area contributed by atoms with Crippen molar-refractivity contribution in [1.29, 1.82) is 0 Å². The molecule has 0 aromatic rings. The van der Waals surface area contributed by atoms with Crippen LogP contribution in [-0.2, 0) is 4.74 Å². The van der Waals surface area contributed by atoms with E-state index < -0.39 is 0 Å². The second-order valence-corrected chi connectivity index (χ2v) is 4.59. The topological polar surface area (TPSA) is 24.5 Å². The van der Waals surface area contributed by atoms with E-state index in [2.05, 4.69) is 17.1 Å². The number of rotatable bonds is 3. The molecule has 82 valence electrons. The van der Waals surface area contributed by atoms with E-state index in [1.165, 1.54) is 25.8 Å². The predicted molar refractivity (Wildman–Crippen MR) is 57.5 cm³/mol. The zero-order valence-corrected chi connectivity index (χ0v) is 9.33. The molecule has 2 rings (SSSR count). The van der Waals surface area contributed by atoms with E-state index in [0.717, 1.165) is 13.2 Å². The van der Waals surface area contributed by atoms with Gasteiger partial charge >= 0.3 is 0 Å². The minimum absolute atomic E-state index is 0.535. The van der Waals surface area contributed by atoms with E-state index in [0.29, 0.717) is 18.2 Å². The lowest BCUT2D eigenvalue weighted by Crippen LogP contribution is -2.52. The van der Waals surface area contributed by atoms with Crippen LogP contribution in [-0.4, -0.2) is 49.8 Å². The summed E-state index contributed by atoms with van der Waals surface area (Å²) in [4.78, 5) is 2.61. The molecule has 2 unspecified atom stereocenters. The highest BCUT2D eigenvalue weighted by molar-refractivity contribution is 4.90. The molecule has 0 aromatic carbocycles. The summed E-state index contributed by atoms with van der Waals surface area (Å²) in [7, 11) is 2.04. The van der Waals surface area contributed by atoms with Gasteiger partial charge in [-0.05, 0) is 33.2 Å². The molecule has 0 aromatic heterocycles. The first-order chi connectivity index (χ1) is 6.81. The number of hydrogen-bond acceptors (Lipinski definition) is 3. The third-order valence-electron chi connectivity index (χ3n) is 3.60. The highest BCUT2D eigenvalue weighted by atomic mass is 16.5. The molecule has 0 bridgehead atoms. The zero-order chi connectivity index (χ0) is 9.97. The molecule has 1 N–H and O–H groups in total. The fourth-order valence-electron chi connectivity index (χ4n) is 2.68. The van der Waals surface area contributed by atoms with Gasteiger partial charge in [0.15, 0.2) is 0 Å². The van der Waals surface area contributed by atoms with Gasteiger partial charge in [0, 0.05) is 25.2 Å². The van der Waals surface area contributed by atoms with Crippen LogP contribution >= 0.6 is 0 Å². The molecule has 3 heteroatoms. The summed E-state index contributed by atoms with van der Waals surface area (Å²) >= 11 is 0. The number of nitrogens with zero attached hydrogens (tertiary/aromatic N) is 1. The minimum Gasteiger partial charge on any atom is -0.375 e. The second-order valence-electron chi connectivity index (χ2n) is 4.59. The molecule has 2 aliphatic rings. The average molecular weight is 198 g/mol. The summed E-state index contributed by atoms with van der Waals surface area (Å²) in [5.41, 5.74) is 0. The highest BCUT2D eigenvalue weighted by Gasteiger charge is 2.35. The number of likely N-dealkylation sites (N-methyl/N-ethyl adjacent to an activating group) is 1. The van der Waals surface area contributed by atoms with Crippen LogP contribution in [0.1, 0.15) is 26.2 Å². The highest BCUT2D eigenvalue weighted by Crippen LogP contribution is 2.29. The Bertz CT molecular complexity index is 186. The van der Waals surface area contributed by atoms with Gasteiger partial charge in [0.2, 0.25) is 0 Å². The van der Waals surface area contributed by atoms with Gasteiger partial charge in [-0.3, -0.25) is 4.90 Å². The fraction of sp³-hybridized carbons (Fsp3) is 1.00. The van der Waals surface area contributed by atoms with Crippen molar-refractivity contribution < 1.29 is 4.74 Å². The Morgan fingerprint density at radius 2 is 2.36 bits per heavy atom. The van der Waals surface area contributed by atoms with Gasteiger partial charge in [0.25, 0.3) is 0 Å². The first-order valence-electron chi connectivity index (χ1n) is 5.84. The molecule has 3 atom stereocenters. The lowest BCUT2D eigenvalue weighted by atomic mass is 10.1. The van der Waals surface area contributed by atoms with Crippen molar-refractivity contribution >= 4 is 0 Å². The van der Waals surface area contributed by atoms with E-state index in [1.807, 2.05) is 7.05 Å². The summed E-state index contributed by atoms with van der Waals surface area (Å²) in [6, 6.07) is 1.30. The molecule has 0 radical (unpaired) electrons. The van der Waals surface area contributed by atoms with Crippen molar-refractivity contribution in [3.63, 3.8) is 0 Å². The number of hydrogen-bond donors (Lipinski definition) is 1. The summed E-state index contributed by atoms with van der Waals surface area (Å²) in [6.45, 7) is 5.46. The molecular weight excluding hydrogens is 176 g/mol. The van der Waals surface area contributed by atoms with E-state index in [1.54, 1.807) is 0 Å². The average Bonchev–Trinajstić information content (AvgIpc) is 2.66. The maximum atomic E-state index is 5.79. The Morgan fingerprint density at radius 1 is 1.50 bits per heavy atom. The first kappa shape index (κ1) is 10.4. The molecule has 1 saturated heterocycles. The largest absolute Gasteiger partial charge is 0.375 e. The van der Waals surface area contributed by atoms with Crippen LogP contribution in [0.15, 0.2) is 0 Å². The molecule has 2 fully saturated rings. The zero-order valence-electron chi connectivity index (χ0n) is 9.33. The van der Waals surface area contributed by atoms with Crippen molar-refractivity contribution in [3.05, 3.63) is 0 Å². The van der Waals surface area contributed by atoms with E-state index in [9.17, 15) is 0 Å². The molecule has 1 saturated carbocycles. The van der Waals surface area contributed by atoms with Crippen molar-refractivity contribution in [2.75, 3.05) is 26.7 Å². The lowest BCUT2D eigenvalue weighted by molar-refractivity contribution is -0.0574. The van der Waals surface area contributed by atoms with Gasteiger partial charge in [-0.2, -0.15) is 0 Å². The molecule has 1 aliphatic carbocycles. The van der Waals surface area contributed by atoms with E-state index in [-0.39, 0.29) is 0 Å². The van der Waals surface area contributed by atoms with Gasteiger partial charge < -0.3 is 10.1 Å². The molecule has 0 spiro atoms. The SMILES string of the molecule is CN[C@@H](C)CN1CCOC2CCCC21. The Labute approximate surface area is 86.8 Å². The number of nitrogens with one attached hydrogen (secondary N) is 1. The normalized spacial score (nSPS) is 35.6. The quantitative estimate of drug-likeness (QED) is 0.727. The predicted octanol–water partition coefficient (Wildman–Crippen LogP) is 0.848. The summed E-state index contributed by atoms with van der Waals surface area (Å²) in [5, 5.41) is 3.31. The monoisotopic (exact) mass is 198 g/mol. The summed E-state index contributed by atoms with van der Waals surface area (Å²) < 4.78 is 5.79. The fourth-order valence-corrected chi connectivity index (χ4v) is 2.68. The third-order valence-corrected chi connectivity index (χ3v) is 3.60. The summed E-state index contributed by atoms with van der Waals surface area (Å²) in [6.07, 6.45) is 4.49. The molecule has 3 nitrogen and oxygen atoms in total. The van der Waals surface area contributed by atoms with Gasteiger partial charge in [0.05, 0.1) is 12.7 Å². The smallest absolute Gasteiger partial charge is 0.0730 e. The molecule has 14 heavy (non-hydrogen) atoms. The Morgan fingerprint density at radius 3 is 3.14 bits per heavy atom. The Hall–Kier alpha value is -0.120. The van der Waals surface area contributed by atoms with Crippen LogP contribution in [0.25, 0.3) is 0 Å². The molecule has 1 aliphatic heterocycles. The van der Waals surface area contributed by atoms with Crippen molar-refractivity contribution in [2.45, 2.75) is 44.4 Å². The summed E-state index contributed by atoms with van der Waals surface area (Å²) in [5.74, 6) is 0. The number of ether oxygens (including phenoxy) is 1. The van der Waals surface area contributed by atoms with Crippen molar-refractivity contribution in [1.82, 2.24) is 10.2 Å². The number of morpholine rings is 1. The minimum atomic E-state index is 0.535. The lowest BCUT2D eigenvalue weighted by Gasteiger charge is -2.38. The van der Waals surface area contributed by atoms with Crippen LogP contribution < -0.4 is 5.32 Å². The van der Waals surface area contributed by atoms with Gasteiger partial charge in [0.1, 0.15) is 0 Å². The van der Waals surface area contributed by atoms with Crippen LogP contribution in [0.2, 0.25) is 0 Å². The molecule has 1 heterocycles. The van der Waals surface area contributed by atoms with Gasteiger partial charge in [-0.25, -0.2) is 0 Å². The van der Waals surface area contributed by atoms with E-state index >= 15 is 0 Å². The van der Waals surface area contributed by atoms with Crippen LogP contribution in [0.4, 0.5) is 0 Å². The van der Waals surface area contributed by atoms with Crippen molar-refractivity contribution in [3.8, 4) is 0 Å². The first-order valence-corrected chi connectivity index (χ1v) is 5.84. The second kappa shape index (κ2) is 4.60. The Kier molecular flexibility index (Phi) is 3.42. The standard InChI is InChI=1S/C11H22N2O/c1-9(12-2)8-13-6-7-14-11-5-3-4-10(11)13/h9-12H,3-8H2,1-2H3/t9-,10?,11?/m0/s1. The van der Waals surface area contributed by atoms with Gasteiger partial charge in [-0.1, -0.05) is 0 Å². The van der Waals surface area contributed by atoms with Crippen LogP contribution in [0.3, 0.4) is 0 Å².